The number of nitrogens with zero attached hydrogens (tertiary/aromatic N) is 2. The summed E-state index contributed by atoms with van der Waals surface area (Å²) in [6.07, 6.45) is 0.407. The highest BCUT2D eigenvalue weighted by atomic mass is 19.1. The zero-order valence-electron chi connectivity index (χ0n) is 11.8. The van der Waals surface area contributed by atoms with Gasteiger partial charge in [-0.25, -0.2) is 4.39 Å². The summed E-state index contributed by atoms with van der Waals surface area (Å²) in [5.74, 6) is -0.264. The van der Waals surface area contributed by atoms with Crippen LogP contribution in [0.3, 0.4) is 0 Å². The maximum atomic E-state index is 13.2. The van der Waals surface area contributed by atoms with E-state index in [2.05, 4.69) is 0 Å². The van der Waals surface area contributed by atoms with Crippen LogP contribution in [0.4, 0.5) is 4.39 Å². The molecule has 1 heterocycles. The van der Waals surface area contributed by atoms with E-state index >= 15 is 0 Å². The van der Waals surface area contributed by atoms with Gasteiger partial charge in [0, 0.05) is 26.2 Å². The SMILES string of the molecule is CCN(Cc1cccc(F)c1)C(=O)CN1CC[C@@H](O)C1. The van der Waals surface area contributed by atoms with E-state index in [4.69, 9.17) is 0 Å². The molecule has 20 heavy (non-hydrogen) atoms. The molecule has 1 atom stereocenters. The number of likely N-dealkylation sites (tertiary alicyclic amines) is 1. The first-order valence-electron chi connectivity index (χ1n) is 7.01. The molecule has 1 aromatic rings. The molecule has 0 radical (unpaired) electrons. The molecular weight excluding hydrogens is 259 g/mol. The van der Waals surface area contributed by atoms with Gasteiger partial charge < -0.3 is 10.0 Å². The van der Waals surface area contributed by atoms with E-state index in [9.17, 15) is 14.3 Å². The second-order valence-electron chi connectivity index (χ2n) is 5.22. The molecule has 1 aliphatic rings. The predicted octanol–water partition coefficient (Wildman–Crippen LogP) is 1.24. The number of carbonyl (C=O) groups excluding carboxylic acids is 1. The third-order valence-corrected chi connectivity index (χ3v) is 3.60. The smallest absolute Gasteiger partial charge is 0.237 e. The molecule has 1 amide bonds. The predicted molar refractivity (Wildman–Crippen MR) is 74.6 cm³/mol. The number of β-amino-alcohol motifs (C(OH)–C–C–N with tert-alkyl or cyclic N) is 1. The normalized spacial score (nSPS) is 19.2. The number of likely N-dealkylation sites (N-methyl/N-ethyl adjacent to an activating group) is 1. The van der Waals surface area contributed by atoms with Crippen LogP contribution in [-0.4, -0.2) is 53.1 Å². The van der Waals surface area contributed by atoms with Gasteiger partial charge in [-0.2, -0.15) is 0 Å². The lowest BCUT2D eigenvalue weighted by atomic mass is 10.2. The van der Waals surface area contributed by atoms with Gasteiger partial charge in [0.15, 0.2) is 0 Å². The molecule has 1 aliphatic heterocycles. The van der Waals surface area contributed by atoms with E-state index in [1.54, 1.807) is 11.0 Å². The zero-order chi connectivity index (χ0) is 14.5. The Kier molecular flexibility index (Phi) is 5.09. The number of hydrogen-bond acceptors (Lipinski definition) is 3. The minimum absolute atomic E-state index is 0.0193. The van der Waals surface area contributed by atoms with Crippen LogP contribution in [0.5, 0.6) is 0 Å². The summed E-state index contributed by atoms with van der Waals surface area (Å²) in [5.41, 5.74) is 0.793. The Morgan fingerprint density at radius 2 is 2.35 bits per heavy atom. The zero-order valence-corrected chi connectivity index (χ0v) is 11.8. The third kappa shape index (κ3) is 4.02. The number of carbonyl (C=O) groups is 1. The fourth-order valence-electron chi connectivity index (χ4n) is 2.48. The third-order valence-electron chi connectivity index (χ3n) is 3.60. The Morgan fingerprint density at radius 3 is 2.95 bits per heavy atom. The molecule has 0 aromatic heterocycles. The number of benzene rings is 1. The van der Waals surface area contributed by atoms with E-state index in [0.717, 1.165) is 18.5 Å². The van der Waals surface area contributed by atoms with Gasteiger partial charge in [0.1, 0.15) is 5.82 Å². The number of aliphatic hydroxyl groups excluding tert-OH is 1. The lowest BCUT2D eigenvalue weighted by Crippen LogP contribution is -2.39. The summed E-state index contributed by atoms with van der Waals surface area (Å²) in [4.78, 5) is 15.9. The van der Waals surface area contributed by atoms with Gasteiger partial charge in [-0.05, 0) is 31.0 Å². The van der Waals surface area contributed by atoms with Crippen molar-refractivity contribution in [1.29, 1.82) is 0 Å². The molecule has 0 bridgehead atoms. The van der Waals surface area contributed by atoms with Crippen molar-refractivity contribution in [2.75, 3.05) is 26.2 Å². The molecule has 110 valence electrons. The maximum absolute atomic E-state index is 13.2. The van der Waals surface area contributed by atoms with Gasteiger partial charge in [-0.15, -0.1) is 0 Å². The topological polar surface area (TPSA) is 43.8 Å². The van der Waals surface area contributed by atoms with Crippen LogP contribution in [0.25, 0.3) is 0 Å². The summed E-state index contributed by atoms with van der Waals surface area (Å²) in [6, 6.07) is 6.32. The van der Waals surface area contributed by atoms with E-state index in [1.165, 1.54) is 12.1 Å². The second-order valence-corrected chi connectivity index (χ2v) is 5.22. The average Bonchev–Trinajstić information content (AvgIpc) is 2.81. The summed E-state index contributed by atoms with van der Waals surface area (Å²) >= 11 is 0. The minimum atomic E-state index is -0.318. The Labute approximate surface area is 118 Å². The van der Waals surface area contributed by atoms with Crippen LogP contribution in [0.1, 0.15) is 18.9 Å². The largest absolute Gasteiger partial charge is 0.392 e. The molecule has 5 heteroatoms. The fraction of sp³-hybridized carbons (Fsp3) is 0.533. The molecule has 0 aliphatic carbocycles. The lowest BCUT2D eigenvalue weighted by molar-refractivity contribution is -0.132. The Hall–Kier alpha value is -1.46. The van der Waals surface area contributed by atoms with Crippen LogP contribution in [0.2, 0.25) is 0 Å². The highest BCUT2D eigenvalue weighted by molar-refractivity contribution is 5.78. The highest BCUT2D eigenvalue weighted by Gasteiger charge is 2.23. The molecule has 1 aromatic carbocycles. The van der Waals surface area contributed by atoms with E-state index in [1.807, 2.05) is 17.9 Å². The van der Waals surface area contributed by atoms with E-state index in [0.29, 0.717) is 26.2 Å². The van der Waals surface area contributed by atoms with E-state index < -0.39 is 0 Å². The van der Waals surface area contributed by atoms with E-state index in [-0.39, 0.29) is 17.8 Å². The molecule has 1 N–H and O–H groups in total. The molecule has 1 saturated heterocycles. The number of hydrogen-bond donors (Lipinski definition) is 1. The fourth-order valence-corrected chi connectivity index (χ4v) is 2.48. The summed E-state index contributed by atoms with van der Waals surface area (Å²) in [7, 11) is 0. The molecule has 1 fully saturated rings. The molecule has 2 rings (SSSR count). The van der Waals surface area contributed by atoms with Gasteiger partial charge in [0.25, 0.3) is 0 Å². The quantitative estimate of drug-likeness (QED) is 0.882. The first-order chi connectivity index (χ1) is 9.58. The molecule has 0 saturated carbocycles. The lowest BCUT2D eigenvalue weighted by Gasteiger charge is -2.24. The second kappa shape index (κ2) is 6.81. The van der Waals surface area contributed by atoms with Crippen LogP contribution in [0.15, 0.2) is 24.3 Å². The van der Waals surface area contributed by atoms with Crippen molar-refractivity contribution in [3.63, 3.8) is 0 Å². The van der Waals surface area contributed by atoms with Crippen molar-refractivity contribution in [3.8, 4) is 0 Å². The van der Waals surface area contributed by atoms with Gasteiger partial charge in [-0.1, -0.05) is 12.1 Å². The monoisotopic (exact) mass is 280 g/mol. The van der Waals surface area contributed by atoms with Crippen molar-refractivity contribution in [2.24, 2.45) is 0 Å². The summed E-state index contributed by atoms with van der Waals surface area (Å²) in [6.45, 7) is 4.55. The van der Waals surface area contributed by atoms with Crippen molar-refractivity contribution in [1.82, 2.24) is 9.80 Å². The van der Waals surface area contributed by atoms with Gasteiger partial charge in [0.2, 0.25) is 5.91 Å². The Balaban J connectivity index is 1.92. The Morgan fingerprint density at radius 1 is 1.55 bits per heavy atom. The first-order valence-corrected chi connectivity index (χ1v) is 7.01. The van der Waals surface area contributed by atoms with Crippen LogP contribution < -0.4 is 0 Å². The van der Waals surface area contributed by atoms with Gasteiger partial charge >= 0.3 is 0 Å². The van der Waals surface area contributed by atoms with Gasteiger partial charge in [0.05, 0.1) is 12.6 Å². The standard InChI is InChI=1S/C15H21FN2O2/c1-2-18(9-12-4-3-5-13(16)8-12)15(20)11-17-7-6-14(19)10-17/h3-5,8,14,19H,2,6-7,9-11H2,1H3/t14-/m1/s1. The number of rotatable bonds is 5. The highest BCUT2D eigenvalue weighted by Crippen LogP contribution is 2.11. The Bertz CT molecular complexity index is 467. The molecular formula is C15H21FN2O2. The van der Waals surface area contributed by atoms with Crippen LogP contribution >= 0.6 is 0 Å². The minimum Gasteiger partial charge on any atom is -0.392 e. The molecule has 0 spiro atoms. The summed E-state index contributed by atoms with van der Waals surface area (Å²) < 4.78 is 13.2. The number of amides is 1. The van der Waals surface area contributed by atoms with Crippen molar-refractivity contribution >= 4 is 5.91 Å². The number of aliphatic hydroxyl groups is 1. The summed E-state index contributed by atoms with van der Waals surface area (Å²) in [5, 5.41) is 9.47. The number of halogens is 1. The van der Waals surface area contributed by atoms with Crippen LogP contribution in [0, 0.1) is 5.82 Å². The van der Waals surface area contributed by atoms with Crippen molar-refractivity contribution < 1.29 is 14.3 Å². The molecule has 0 unspecified atom stereocenters. The van der Waals surface area contributed by atoms with Crippen LogP contribution in [-0.2, 0) is 11.3 Å². The molecule has 4 nitrogen and oxygen atoms in total. The average molecular weight is 280 g/mol. The van der Waals surface area contributed by atoms with Crippen molar-refractivity contribution in [2.45, 2.75) is 26.0 Å². The first kappa shape index (κ1) is 14.9. The van der Waals surface area contributed by atoms with Crippen molar-refractivity contribution in [3.05, 3.63) is 35.6 Å². The maximum Gasteiger partial charge on any atom is 0.237 e. The van der Waals surface area contributed by atoms with Gasteiger partial charge in [-0.3, -0.25) is 9.69 Å².